The van der Waals surface area contributed by atoms with Crippen molar-refractivity contribution in [3.05, 3.63) is 59.9 Å². The number of nitrogens with one attached hydrogen (secondary N) is 1. The monoisotopic (exact) mass is 524 g/mol. The van der Waals surface area contributed by atoms with Gasteiger partial charge in [-0.1, -0.05) is 38.1 Å². The second-order valence-corrected chi connectivity index (χ2v) is 11.7. The Hall–Kier alpha value is -4.32. The van der Waals surface area contributed by atoms with Crippen molar-refractivity contribution >= 4 is 34.4 Å². The fourth-order valence-electron chi connectivity index (χ4n) is 7.39. The number of rotatable bonds is 3. The Labute approximate surface area is 225 Å². The number of para-hydroxylation sites is 1. The largest absolute Gasteiger partial charge is 0.496 e. The summed E-state index contributed by atoms with van der Waals surface area (Å²) in [6.07, 6.45) is 0.222. The highest BCUT2D eigenvalue weighted by Gasteiger charge is 2.70. The van der Waals surface area contributed by atoms with Crippen molar-refractivity contribution in [1.29, 1.82) is 5.26 Å². The highest BCUT2D eigenvalue weighted by atomic mass is 16.5. The molecule has 1 N–H and O–H groups in total. The Balaban J connectivity index is 1.23. The molecule has 9 heteroatoms. The number of hydrogen-bond donors (Lipinski definition) is 1. The Morgan fingerprint density at radius 2 is 1.95 bits per heavy atom. The molecule has 0 bridgehead atoms. The molecule has 3 aliphatic heterocycles. The van der Waals surface area contributed by atoms with E-state index in [1.165, 1.54) is 4.90 Å². The lowest BCUT2D eigenvalue weighted by molar-refractivity contribution is -0.137. The van der Waals surface area contributed by atoms with Crippen LogP contribution in [-0.2, 0) is 15.0 Å². The zero-order valence-corrected chi connectivity index (χ0v) is 21.9. The number of furan rings is 1. The summed E-state index contributed by atoms with van der Waals surface area (Å²) < 4.78 is 11.3. The van der Waals surface area contributed by atoms with Crippen molar-refractivity contribution in [2.75, 3.05) is 25.5 Å². The van der Waals surface area contributed by atoms with Crippen molar-refractivity contribution in [2.45, 2.75) is 37.8 Å². The molecule has 1 spiro atoms. The summed E-state index contributed by atoms with van der Waals surface area (Å²) in [5.74, 6) is 0.0411. The van der Waals surface area contributed by atoms with Gasteiger partial charge in [0.15, 0.2) is 5.76 Å². The van der Waals surface area contributed by atoms with E-state index in [1.54, 1.807) is 36.3 Å². The fraction of sp³-hybridized carbons (Fsp3) is 0.400. The summed E-state index contributed by atoms with van der Waals surface area (Å²) in [6.45, 7) is 4.76. The number of benzene rings is 2. The molecule has 0 unspecified atom stereocenters. The normalized spacial score (nSPS) is 29.7. The van der Waals surface area contributed by atoms with Gasteiger partial charge in [0.2, 0.25) is 11.8 Å². The van der Waals surface area contributed by atoms with E-state index in [0.717, 1.165) is 11.3 Å². The van der Waals surface area contributed by atoms with Crippen LogP contribution in [0, 0.1) is 28.6 Å². The maximum absolute atomic E-state index is 14.3. The van der Waals surface area contributed by atoms with Gasteiger partial charge < -0.3 is 24.3 Å². The highest BCUT2D eigenvalue weighted by molar-refractivity contribution is 6.07. The van der Waals surface area contributed by atoms with E-state index in [4.69, 9.17) is 9.15 Å². The van der Waals surface area contributed by atoms with Gasteiger partial charge in [0.05, 0.1) is 24.0 Å². The summed E-state index contributed by atoms with van der Waals surface area (Å²) >= 11 is 0. The van der Waals surface area contributed by atoms with Crippen LogP contribution in [0.1, 0.15) is 36.4 Å². The summed E-state index contributed by atoms with van der Waals surface area (Å²) in [7, 11) is 1.56. The molecule has 3 fully saturated rings. The zero-order chi connectivity index (χ0) is 27.3. The average Bonchev–Trinajstić information content (AvgIpc) is 3.52. The molecule has 7 rings (SSSR count). The molecular weight excluding hydrogens is 496 g/mol. The maximum Gasteiger partial charge on any atom is 0.290 e. The maximum atomic E-state index is 14.3. The molecule has 1 saturated carbocycles. The number of nitriles is 1. The number of hydrogen-bond acceptors (Lipinski definition) is 6. The molecule has 39 heavy (non-hydrogen) atoms. The molecule has 2 saturated heterocycles. The number of fused-ring (bicyclic) bond motifs is 4. The predicted octanol–water partition coefficient (Wildman–Crippen LogP) is 3.55. The Morgan fingerprint density at radius 1 is 1.15 bits per heavy atom. The number of ether oxygens (including phenoxy) is 1. The molecule has 0 radical (unpaired) electrons. The summed E-state index contributed by atoms with van der Waals surface area (Å²) in [4.78, 5) is 44.5. The van der Waals surface area contributed by atoms with Gasteiger partial charge in [-0.2, -0.15) is 5.26 Å². The number of likely N-dealkylation sites (tertiary alicyclic amines) is 2. The van der Waals surface area contributed by atoms with Crippen molar-refractivity contribution < 1.29 is 23.5 Å². The van der Waals surface area contributed by atoms with Crippen molar-refractivity contribution in [3.63, 3.8) is 0 Å². The molecule has 4 heterocycles. The van der Waals surface area contributed by atoms with E-state index in [0.29, 0.717) is 23.3 Å². The smallest absolute Gasteiger partial charge is 0.290 e. The van der Waals surface area contributed by atoms with Gasteiger partial charge in [0, 0.05) is 31.3 Å². The quantitative estimate of drug-likeness (QED) is 0.560. The first kappa shape index (κ1) is 23.8. The van der Waals surface area contributed by atoms with Crippen molar-refractivity contribution in [1.82, 2.24) is 9.80 Å². The number of nitrogens with zero attached hydrogens (tertiary/aromatic N) is 3. The van der Waals surface area contributed by atoms with Crippen LogP contribution < -0.4 is 10.1 Å². The summed E-state index contributed by atoms with van der Waals surface area (Å²) in [5.41, 5.74) is 0.974. The number of anilines is 1. The van der Waals surface area contributed by atoms with Crippen LogP contribution in [0.4, 0.5) is 5.69 Å². The van der Waals surface area contributed by atoms with Gasteiger partial charge >= 0.3 is 0 Å². The van der Waals surface area contributed by atoms with Gasteiger partial charge in [0.1, 0.15) is 23.4 Å². The number of amides is 3. The van der Waals surface area contributed by atoms with Crippen LogP contribution in [0.25, 0.3) is 11.0 Å². The Kier molecular flexibility index (Phi) is 4.79. The van der Waals surface area contributed by atoms with Gasteiger partial charge in [-0.25, -0.2) is 0 Å². The molecule has 4 aliphatic rings. The lowest BCUT2D eigenvalue weighted by Crippen LogP contribution is -2.53. The molecule has 3 aromatic rings. The zero-order valence-electron chi connectivity index (χ0n) is 21.9. The fourth-order valence-corrected chi connectivity index (χ4v) is 7.39. The van der Waals surface area contributed by atoms with Crippen LogP contribution in [0.15, 0.2) is 52.9 Å². The average molecular weight is 525 g/mol. The minimum absolute atomic E-state index is 0.0338. The topological polar surface area (TPSA) is 116 Å². The van der Waals surface area contributed by atoms with Gasteiger partial charge in [-0.15, -0.1) is 0 Å². The third-order valence-electron chi connectivity index (χ3n) is 9.59. The first-order valence-corrected chi connectivity index (χ1v) is 13.2. The highest BCUT2D eigenvalue weighted by Crippen LogP contribution is 2.65. The Morgan fingerprint density at radius 3 is 2.72 bits per heavy atom. The van der Waals surface area contributed by atoms with Crippen LogP contribution >= 0.6 is 0 Å². The predicted molar refractivity (Wildman–Crippen MR) is 141 cm³/mol. The second kappa shape index (κ2) is 7.85. The SMILES string of the molecule is COc1cccc2oc(C(=O)N3C[C@H]4[C@@H]([C@H]3C(=O)N3C[C@]5(C[C@H]3C#N)C(=O)Nc3ccccc35)C4(C)C)cc12. The summed E-state index contributed by atoms with van der Waals surface area (Å²) in [6, 6.07) is 15.2. The molecule has 1 aliphatic carbocycles. The molecule has 2 aromatic carbocycles. The minimum Gasteiger partial charge on any atom is -0.496 e. The number of carbonyl (C=O) groups excluding carboxylic acids is 3. The lowest BCUT2D eigenvalue weighted by Gasteiger charge is -2.33. The first-order chi connectivity index (χ1) is 18.7. The van der Waals surface area contributed by atoms with Gasteiger partial charge in [0.25, 0.3) is 5.91 Å². The molecule has 9 nitrogen and oxygen atoms in total. The van der Waals surface area contributed by atoms with E-state index in [9.17, 15) is 19.6 Å². The van der Waals surface area contributed by atoms with E-state index in [2.05, 4.69) is 25.2 Å². The molecule has 3 amide bonds. The molecule has 5 atom stereocenters. The van der Waals surface area contributed by atoms with E-state index >= 15 is 0 Å². The third-order valence-corrected chi connectivity index (χ3v) is 9.59. The summed E-state index contributed by atoms with van der Waals surface area (Å²) in [5, 5.41) is 13.7. The molecule has 1 aromatic heterocycles. The number of piperidine rings is 1. The van der Waals surface area contributed by atoms with Crippen LogP contribution in [0.3, 0.4) is 0 Å². The van der Waals surface area contributed by atoms with Crippen LogP contribution in [0.5, 0.6) is 5.75 Å². The number of carbonyl (C=O) groups is 3. The van der Waals surface area contributed by atoms with Crippen molar-refractivity contribution in [2.24, 2.45) is 17.3 Å². The third kappa shape index (κ3) is 3.08. The van der Waals surface area contributed by atoms with E-state index in [-0.39, 0.29) is 53.7 Å². The standard InChI is InChI=1S/C30H28N4O5/c1-29(2)19-14-33(26(35)23-11-17-21(38-3)9-6-10-22(17)39-23)25(24(19)29)27(36)34-15-30(12-16(34)13-31)18-7-4-5-8-20(18)32-28(30)37/h4-11,16,19,24-25H,12,14-15H2,1-3H3,(H,32,37)/t16-,19-,24-,25-,30-/m0/s1. The van der Waals surface area contributed by atoms with E-state index in [1.807, 2.05) is 24.3 Å². The van der Waals surface area contributed by atoms with E-state index < -0.39 is 17.5 Å². The minimum atomic E-state index is -0.978. The molecule has 198 valence electrons. The van der Waals surface area contributed by atoms with Crippen molar-refractivity contribution in [3.8, 4) is 11.8 Å². The van der Waals surface area contributed by atoms with Gasteiger partial charge in [-0.05, 0) is 41.0 Å². The second-order valence-electron chi connectivity index (χ2n) is 11.7. The Bertz CT molecular complexity index is 1620. The van der Waals surface area contributed by atoms with Crippen LogP contribution in [-0.4, -0.2) is 59.8 Å². The van der Waals surface area contributed by atoms with Gasteiger partial charge in [-0.3, -0.25) is 14.4 Å². The number of methoxy groups -OCH3 is 1. The molecular formula is C30H28N4O5. The lowest BCUT2D eigenvalue weighted by atomic mass is 9.80. The first-order valence-electron chi connectivity index (χ1n) is 13.2. The van der Waals surface area contributed by atoms with Crippen LogP contribution in [0.2, 0.25) is 0 Å².